The zero-order chi connectivity index (χ0) is 15.4. The Hall–Kier alpha value is -2.02. The Kier molecular flexibility index (Phi) is 4.85. The molecule has 7 nitrogen and oxygen atoms in total. The lowest BCUT2D eigenvalue weighted by molar-refractivity contribution is 0.0943. The zero-order valence-electron chi connectivity index (χ0n) is 12.1. The summed E-state index contributed by atoms with van der Waals surface area (Å²) in [6, 6.07) is 0. The van der Waals surface area contributed by atoms with Gasteiger partial charge in [0.15, 0.2) is 0 Å². The summed E-state index contributed by atoms with van der Waals surface area (Å²) in [6.07, 6.45) is 4.03. The Bertz CT molecular complexity index is 613. The first-order chi connectivity index (χ1) is 10.0. The standard InChI is InChI=1S/C13H19ClN6O/c1-3-20-12(11(15)7-17-20)13(21)16-5-4-6-19-8-10(14)9(2)18-19/h7-8H,3-6,15H2,1-2H3,(H,16,21). The highest BCUT2D eigenvalue weighted by molar-refractivity contribution is 6.31. The van der Waals surface area contributed by atoms with Gasteiger partial charge in [-0.05, 0) is 20.3 Å². The van der Waals surface area contributed by atoms with Crippen molar-refractivity contribution in [1.82, 2.24) is 24.9 Å². The van der Waals surface area contributed by atoms with Gasteiger partial charge in [-0.3, -0.25) is 14.2 Å². The van der Waals surface area contributed by atoms with Crippen LogP contribution in [0.3, 0.4) is 0 Å². The molecule has 0 spiro atoms. The van der Waals surface area contributed by atoms with E-state index in [4.69, 9.17) is 17.3 Å². The molecule has 0 saturated carbocycles. The van der Waals surface area contributed by atoms with Gasteiger partial charge in [-0.15, -0.1) is 0 Å². The van der Waals surface area contributed by atoms with E-state index >= 15 is 0 Å². The van der Waals surface area contributed by atoms with E-state index in [0.717, 1.165) is 12.1 Å². The second kappa shape index (κ2) is 6.62. The van der Waals surface area contributed by atoms with E-state index < -0.39 is 0 Å². The van der Waals surface area contributed by atoms with Crippen molar-refractivity contribution in [1.29, 1.82) is 0 Å². The fraction of sp³-hybridized carbons (Fsp3) is 0.462. The Morgan fingerprint density at radius 1 is 1.52 bits per heavy atom. The molecule has 0 radical (unpaired) electrons. The van der Waals surface area contributed by atoms with Crippen LogP contribution < -0.4 is 11.1 Å². The number of nitrogens with two attached hydrogens (primary N) is 1. The van der Waals surface area contributed by atoms with Gasteiger partial charge in [0, 0.05) is 25.8 Å². The number of halogens is 1. The number of aromatic nitrogens is 4. The van der Waals surface area contributed by atoms with Crippen molar-refractivity contribution >= 4 is 23.2 Å². The molecule has 8 heteroatoms. The van der Waals surface area contributed by atoms with Gasteiger partial charge in [-0.1, -0.05) is 11.6 Å². The average molecular weight is 311 g/mol. The van der Waals surface area contributed by atoms with Gasteiger partial charge < -0.3 is 11.1 Å². The number of hydrogen-bond acceptors (Lipinski definition) is 4. The molecule has 2 aromatic rings. The Morgan fingerprint density at radius 2 is 2.29 bits per heavy atom. The van der Waals surface area contributed by atoms with E-state index in [1.165, 1.54) is 6.20 Å². The number of carbonyl (C=O) groups excluding carboxylic acids is 1. The monoisotopic (exact) mass is 310 g/mol. The van der Waals surface area contributed by atoms with Crippen molar-refractivity contribution in [3.63, 3.8) is 0 Å². The molecule has 3 N–H and O–H groups in total. The van der Waals surface area contributed by atoms with Crippen molar-refractivity contribution < 1.29 is 4.79 Å². The predicted molar refractivity (Wildman–Crippen MR) is 81.2 cm³/mol. The molecule has 0 aromatic carbocycles. The van der Waals surface area contributed by atoms with E-state index in [0.29, 0.717) is 36.0 Å². The normalized spacial score (nSPS) is 10.8. The number of nitrogen functional groups attached to an aromatic ring is 1. The van der Waals surface area contributed by atoms with Crippen LogP contribution in [-0.2, 0) is 13.1 Å². The predicted octanol–water partition coefficient (Wildman–Crippen LogP) is 1.46. The van der Waals surface area contributed by atoms with Crippen LogP contribution in [0.5, 0.6) is 0 Å². The molecule has 0 aliphatic heterocycles. The number of hydrogen-bond donors (Lipinski definition) is 2. The molecule has 0 atom stereocenters. The quantitative estimate of drug-likeness (QED) is 0.790. The van der Waals surface area contributed by atoms with Gasteiger partial charge in [0.05, 0.1) is 22.6 Å². The molecular weight excluding hydrogens is 292 g/mol. The smallest absolute Gasteiger partial charge is 0.271 e. The summed E-state index contributed by atoms with van der Waals surface area (Å²) in [5.74, 6) is -0.207. The van der Waals surface area contributed by atoms with Crippen LogP contribution in [0.15, 0.2) is 12.4 Å². The fourth-order valence-corrected chi connectivity index (χ4v) is 2.17. The van der Waals surface area contributed by atoms with E-state index in [1.807, 2.05) is 13.8 Å². The van der Waals surface area contributed by atoms with Crippen molar-refractivity contribution in [2.24, 2.45) is 0 Å². The summed E-state index contributed by atoms with van der Waals surface area (Å²) in [4.78, 5) is 12.1. The van der Waals surface area contributed by atoms with Crippen LogP contribution >= 0.6 is 11.6 Å². The third-order valence-corrected chi connectivity index (χ3v) is 3.49. The number of amides is 1. The van der Waals surface area contributed by atoms with E-state index in [9.17, 15) is 4.79 Å². The van der Waals surface area contributed by atoms with E-state index in [-0.39, 0.29) is 5.91 Å². The van der Waals surface area contributed by atoms with Gasteiger partial charge in [-0.2, -0.15) is 10.2 Å². The number of rotatable bonds is 6. The van der Waals surface area contributed by atoms with Crippen LogP contribution in [-0.4, -0.2) is 32.0 Å². The fourth-order valence-electron chi connectivity index (χ4n) is 2.02. The summed E-state index contributed by atoms with van der Waals surface area (Å²) < 4.78 is 3.36. The van der Waals surface area contributed by atoms with Gasteiger partial charge >= 0.3 is 0 Å². The molecular formula is C13H19ClN6O. The maximum Gasteiger partial charge on any atom is 0.271 e. The lowest BCUT2D eigenvalue weighted by atomic mass is 10.3. The van der Waals surface area contributed by atoms with E-state index in [1.54, 1.807) is 15.6 Å². The van der Waals surface area contributed by atoms with Gasteiger partial charge in [-0.25, -0.2) is 0 Å². The molecule has 2 heterocycles. The molecule has 0 fully saturated rings. The van der Waals surface area contributed by atoms with Crippen LogP contribution in [0.1, 0.15) is 29.5 Å². The highest BCUT2D eigenvalue weighted by Crippen LogP contribution is 2.12. The third-order valence-electron chi connectivity index (χ3n) is 3.12. The molecule has 2 rings (SSSR count). The van der Waals surface area contributed by atoms with Gasteiger partial charge in [0.2, 0.25) is 0 Å². The summed E-state index contributed by atoms with van der Waals surface area (Å²) in [7, 11) is 0. The molecule has 0 saturated heterocycles. The number of nitrogens with zero attached hydrogens (tertiary/aromatic N) is 4. The molecule has 21 heavy (non-hydrogen) atoms. The van der Waals surface area contributed by atoms with Crippen molar-refractivity contribution in [2.75, 3.05) is 12.3 Å². The highest BCUT2D eigenvalue weighted by atomic mass is 35.5. The molecule has 0 bridgehead atoms. The zero-order valence-corrected chi connectivity index (χ0v) is 12.9. The van der Waals surface area contributed by atoms with Crippen LogP contribution in [0.4, 0.5) is 5.69 Å². The minimum atomic E-state index is -0.207. The molecule has 2 aromatic heterocycles. The first-order valence-corrected chi connectivity index (χ1v) is 7.19. The average Bonchev–Trinajstić information content (AvgIpc) is 2.98. The lowest BCUT2D eigenvalue weighted by Gasteiger charge is -2.07. The molecule has 0 aliphatic rings. The second-order valence-electron chi connectivity index (χ2n) is 4.70. The summed E-state index contributed by atoms with van der Waals surface area (Å²) >= 11 is 5.93. The number of nitrogens with one attached hydrogen (secondary N) is 1. The van der Waals surface area contributed by atoms with E-state index in [2.05, 4.69) is 15.5 Å². The Balaban J connectivity index is 1.83. The van der Waals surface area contributed by atoms with Crippen LogP contribution in [0, 0.1) is 6.92 Å². The minimum Gasteiger partial charge on any atom is -0.396 e. The summed E-state index contributed by atoms with van der Waals surface area (Å²) in [6.45, 7) is 5.59. The summed E-state index contributed by atoms with van der Waals surface area (Å²) in [5, 5.41) is 11.8. The third kappa shape index (κ3) is 3.55. The van der Waals surface area contributed by atoms with Crippen molar-refractivity contribution in [3.05, 3.63) is 28.8 Å². The van der Waals surface area contributed by atoms with Crippen molar-refractivity contribution in [3.8, 4) is 0 Å². The Labute approximate surface area is 128 Å². The topological polar surface area (TPSA) is 90.8 Å². The van der Waals surface area contributed by atoms with Gasteiger partial charge in [0.1, 0.15) is 5.69 Å². The highest BCUT2D eigenvalue weighted by Gasteiger charge is 2.15. The first kappa shape index (κ1) is 15.4. The maximum atomic E-state index is 12.1. The molecule has 0 aliphatic carbocycles. The summed E-state index contributed by atoms with van der Waals surface area (Å²) in [5.41, 5.74) is 7.37. The number of aryl methyl sites for hydroxylation is 3. The molecule has 0 unspecified atom stereocenters. The second-order valence-corrected chi connectivity index (χ2v) is 5.11. The van der Waals surface area contributed by atoms with Crippen molar-refractivity contribution in [2.45, 2.75) is 33.4 Å². The maximum absolute atomic E-state index is 12.1. The number of carbonyl (C=O) groups is 1. The molecule has 1 amide bonds. The number of anilines is 1. The molecule has 114 valence electrons. The first-order valence-electron chi connectivity index (χ1n) is 6.82. The SMILES string of the molecule is CCn1ncc(N)c1C(=O)NCCCn1cc(Cl)c(C)n1. The minimum absolute atomic E-state index is 0.207. The Morgan fingerprint density at radius 3 is 2.90 bits per heavy atom. The lowest BCUT2D eigenvalue weighted by Crippen LogP contribution is -2.28. The van der Waals surface area contributed by atoms with Crippen LogP contribution in [0.2, 0.25) is 5.02 Å². The largest absolute Gasteiger partial charge is 0.396 e. The van der Waals surface area contributed by atoms with Gasteiger partial charge in [0.25, 0.3) is 5.91 Å². The van der Waals surface area contributed by atoms with Crippen LogP contribution in [0.25, 0.3) is 0 Å².